The molecule has 1 atom stereocenters. The van der Waals surface area contributed by atoms with Crippen molar-refractivity contribution < 1.29 is 17.4 Å². The minimum absolute atomic E-state index is 0.0596. The summed E-state index contributed by atoms with van der Waals surface area (Å²) in [6, 6.07) is 1.95. The summed E-state index contributed by atoms with van der Waals surface area (Å²) in [6.45, 7) is 6.79. The molecule has 25 heavy (non-hydrogen) atoms. The van der Waals surface area contributed by atoms with Gasteiger partial charge in [-0.15, -0.1) is 0 Å². The van der Waals surface area contributed by atoms with Gasteiger partial charge in [-0.1, -0.05) is 5.16 Å². The van der Waals surface area contributed by atoms with E-state index in [1.54, 1.807) is 30.7 Å². The van der Waals surface area contributed by atoms with E-state index in [2.05, 4.69) is 15.0 Å². The molecule has 2 aromatic heterocycles. The minimum Gasteiger partial charge on any atom is -0.472 e. The maximum Gasteiger partial charge on any atom is 0.231 e. The van der Waals surface area contributed by atoms with Crippen LogP contribution in [0.4, 0.5) is 0 Å². The summed E-state index contributed by atoms with van der Waals surface area (Å²) in [5.74, 6) is 1.18. The molecule has 136 valence electrons. The molecule has 1 spiro atoms. The van der Waals surface area contributed by atoms with Gasteiger partial charge in [-0.25, -0.2) is 12.7 Å². The molecule has 0 bridgehead atoms. The largest absolute Gasteiger partial charge is 0.472 e. The highest BCUT2D eigenvalue weighted by Crippen LogP contribution is 2.49. The summed E-state index contributed by atoms with van der Waals surface area (Å²) < 4.78 is 36.9. The first-order valence-electron chi connectivity index (χ1n) is 8.43. The third-order valence-corrected chi connectivity index (χ3v) is 7.07. The lowest BCUT2D eigenvalue weighted by Gasteiger charge is -2.50. The van der Waals surface area contributed by atoms with Gasteiger partial charge in [0.25, 0.3) is 0 Å². The van der Waals surface area contributed by atoms with Crippen LogP contribution in [0.25, 0.3) is 0 Å². The van der Waals surface area contributed by atoms with Crippen molar-refractivity contribution in [1.29, 1.82) is 0 Å². The molecule has 0 saturated carbocycles. The Morgan fingerprint density at radius 1 is 1.36 bits per heavy atom. The number of sulfonamides is 1. The Morgan fingerprint density at radius 2 is 2.16 bits per heavy atom. The fourth-order valence-corrected chi connectivity index (χ4v) is 5.22. The zero-order valence-electron chi connectivity index (χ0n) is 14.4. The van der Waals surface area contributed by atoms with Crippen LogP contribution in [0.1, 0.15) is 30.1 Å². The highest BCUT2D eigenvalue weighted by molar-refractivity contribution is 7.89. The van der Waals surface area contributed by atoms with E-state index < -0.39 is 10.0 Å². The molecule has 2 fully saturated rings. The van der Waals surface area contributed by atoms with E-state index >= 15 is 0 Å². The van der Waals surface area contributed by atoms with Gasteiger partial charge in [-0.2, -0.15) is 4.98 Å². The molecule has 2 aliphatic heterocycles. The van der Waals surface area contributed by atoms with E-state index in [4.69, 9.17) is 8.94 Å². The van der Waals surface area contributed by atoms with Crippen LogP contribution in [0.2, 0.25) is 0 Å². The Kier molecular flexibility index (Phi) is 3.97. The molecule has 4 heterocycles. The summed E-state index contributed by atoms with van der Waals surface area (Å²) in [6.07, 6.45) is 3.41. The van der Waals surface area contributed by atoms with E-state index in [0.717, 1.165) is 25.2 Å². The number of nitrogens with zero attached hydrogens (tertiary/aromatic N) is 4. The van der Waals surface area contributed by atoms with E-state index in [9.17, 15) is 8.42 Å². The van der Waals surface area contributed by atoms with Gasteiger partial charge in [0.2, 0.25) is 15.9 Å². The summed E-state index contributed by atoms with van der Waals surface area (Å²) in [5.41, 5.74) is 0.960. The summed E-state index contributed by atoms with van der Waals surface area (Å²) in [7, 11) is -3.24. The molecule has 4 rings (SSSR count). The first-order chi connectivity index (χ1) is 11.9. The van der Waals surface area contributed by atoms with Crippen molar-refractivity contribution in [2.75, 3.05) is 31.9 Å². The van der Waals surface area contributed by atoms with Crippen molar-refractivity contribution in [2.24, 2.45) is 5.41 Å². The lowest BCUT2D eigenvalue weighted by atomic mass is 9.71. The Hall–Kier alpha value is -1.71. The van der Waals surface area contributed by atoms with E-state index in [0.29, 0.717) is 24.8 Å². The van der Waals surface area contributed by atoms with Crippen molar-refractivity contribution >= 4 is 10.0 Å². The zero-order valence-corrected chi connectivity index (χ0v) is 15.2. The van der Waals surface area contributed by atoms with Crippen LogP contribution in [-0.4, -0.2) is 59.7 Å². The van der Waals surface area contributed by atoms with Crippen LogP contribution in [0.15, 0.2) is 27.5 Å². The molecule has 0 N–H and O–H groups in total. The Balaban J connectivity index is 1.56. The van der Waals surface area contributed by atoms with Gasteiger partial charge in [-0.05, 0) is 19.9 Å². The zero-order chi connectivity index (χ0) is 17.7. The quantitative estimate of drug-likeness (QED) is 0.785. The molecular weight excluding hydrogens is 344 g/mol. The van der Waals surface area contributed by atoms with E-state index in [-0.39, 0.29) is 17.1 Å². The van der Waals surface area contributed by atoms with Crippen molar-refractivity contribution in [3.8, 4) is 0 Å². The highest BCUT2D eigenvalue weighted by Gasteiger charge is 2.58. The summed E-state index contributed by atoms with van der Waals surface area (Å²) >= 11 is 0. The van der Waals surface area contributed by atoms with Gasteiger partial charge in [0.15, 0.2) is 5.82 Å². The first-order valence-corrected chi connectivity index (χ1v) is 10.0. The van der Waals surface area contributed by atoms with Crippen molar-refractivity contribution in [3.63, 3.8) is 0 Å². The van der Waals surface area contributed by atoms with Crippen molar-refractivity contribution in [2.45, 2.75) is 26.3 Å². The topological polar surface area (TPSA) is 92.7 Å². The second kappa shape index (κ2) is 5.93. The maximum absolute atomic E-state index is 12.4. The molecule has 2 aliphatic rings. The third-order valence-electron chi connectivity index (χ3n) is 5.28. The maximum atomic E-state index is 12.4. The molecule has 0 aromatic carbocycles. The molecule has 9 heteroatoms. The lowest BCUT2D eigenvalue weighted by Crippen LogP contribution is -2.59. The normalized spacial score (nSPS) is 24.0. The van der Waals surface area contributed by atoms with Crippen LogP contribution in [0.5, 0.6) is 0 Å². The van der Waals surface area contributed by atoms with E-state index in [1.807, 2.05) is 6.07 Å². The number of hydrogen-bond donors (Lipinski definition) is 0. The third kappa shape index (κ3) is 2.90. The number of aromatic nitrogens is 2. The number of rotatable bonds is 5. The smallest absolute Gasteiger partial charge is 0.231 e. The predicted molar refractivity (Wildman–Crippen MR) is 89.2 cm³/mol. The number of aryl methyl sites for hydroxylation is 1. The van der Waals surface area contributed by atoms with E-state index in [1.165, 1.54) is 0 Å². The predicted octanol–water partition coefficient (Wildman–Crippen LogP) is 1.22. The Labute approximate surface area is 146 Å². The lowest BCUT2D eigenvalue weighted by molar-refractivity contribution is -0.0118. The monoisotopic (exact) mass is 366 g/mol. The van der Waals surface area contributed by atoms with Crippen LogP contribution in [-0.2, 0) is 16.6 Å². The number of hydrogen-bond acceptors (Lipinski definition) is 7. The van der Waals surface area contributed by atoms with Crippen LogP contribution >= 0.6 is 0 Å². The Bertz CT molecular complexity index is 839. The molecule has 8 nitrogen and oxygen atoms in total. The fourth-order valence-electron chi connectivity index (χ4n) is 4.03. The highest BCUT2D eigenvalue weighted by atomic mass is 32.2. The van der Waals surface area contributed by atoms with Crippen molar-refractivity contribution in [1.82, 2.24) is 19.3 Å². The molecule has 0 radical (unpaired) electrons. The van der Waals surface area contributed by atoms with Gasteiger partial charge in [0.05, 0.1) is 24.2 Å². The van der Waals surface area contributed by atoms with Crippen LogP contribution in [0.3, 0.4) is 0 Å². The minimum atomic E-state index is -3.24. The van der Waals surface area contributed by atoms with Gasteiger partial charge < -0.3 is 8.94 Å². The number of likely N-dealkylation sites (tertiary alicyclic amines) is 1. The molecular formula is C16H22N4O4S. The molecule has 1 unspecified atom stereocenters. The van der Waals surface area contributed by atoms with Crippen molar-refractivity contribution in [3.05, 3.63) is 35.9 Å². The molecule has 0 aliphatic carbocycles. The average Bonchev–Trinajstić information content (AvgIpc) is 3.26. The standard InChI is InChI=1S/C16H22N4O4S/c1-3-25(21,22)20-7-14(15-17-12(2)18-24-15)16(11-20)9-19(10-16)6-13-4-5-23-8-13/h4-5,8,14H,3,6-7,9-11H2,1-2H3. The number of furan rings is 1. The second-order valence-corrected chi connectivity index (χ2v) is 9.32. The molecule has 2 saturated heterocycles. The fraction of sp³-hybridized carbons (Fsp3) is 0.625. The molecule has 0 amide bonds. The average molecular weight is 366 g/mol. The SMILES string of the molecule is CCS(=O)(=O)N1CC(c2nc(C)no2)C2(CN(Cc3ccoc3)C2)C1. The van der Waals surface area contributed by atoms with Gasteiger partial charge in [0, 0.05) is 43.7 Å². The summed E-state index contributed by atoms with van der Waals surface area (Å²) in [5, 5.41) is 3.89. The Morgan fingerprint density at radius 3 is 2.76 bits per heavy atom. The van der Waals surface area contributed by atoms with Crippen LogP contribution < -0.4 is 0 Å². The first kappa shape index (κ1) is 16.7. The molecule has 2 aromatic rings. The van der Waals surface area contributed by atoms with Gasteiger partial charge in [-0.3, -0.25) is 4.90 Å². The van der Waals surface area contributed by atoms with Crippen LogP contribution in [0, 0.1) is 12.3 Å². The van der Waals surface area contributed by atoms with Gasteiger partial charge in [0.1, 0.15) is 0 Å². The van der Waals surface area contributed by atoms with Gasteiger partial charge >= 0.3 is 0 Å². The second-order valence-electron chi connectivity index (χ2n) is 7.06. The summed E-state index contributed by atoms with van der Waals surface area (Å²) in [4.78, 5) is 6.68.